The Labute approximate surface area is 141 Å². The number of hydrogen-bond donors (Lipinski definition) is 0. The van der Waals surface area contributed by atoms with Gasteiger partial charge >= 0.3 is 0 Å². The Kier molecular flexibility index (Phi) is 3.86. The van der Waals surface area contributed by atoms with Crippen LogP contribution in [0.25, 0.3) is 22.3 Å². The van der Waals surface area contributed by atoms with Gasteiger partial charge in [-0.05, 0) is 32.0 Å². The van der Waals surface area contributed by atoms with Crippen LogP contribution in [-0.2, 0) is 4.74 Å². The van der Waals surface area contributed by atoms with Gasteiger partial charge < -0.3 is 9.64 Å². The second-order valence-corrected chi connectivity index (χ2v) is 6.17. The minimum Gasteiger partial charge on any atom is -0.377 e. The van der Waals surface area contributed by atoms with E-state index in [4.69, 9.17) is 4.74 Å². The molecule has 0 bridgehead atoms. The number of aromatic nitrogens is 3. The summed E-state index contributed by atoms with van der Waals surface area (Å²) < 4.78 is 5.49. The van der Waals surface area contributed by atoms with Crippen LogP contribution in [0.2, 0.25) is 0 Å². The Morgan fingerprint density at radius 3 is 2.79 bits per heavy atom. The van der Waals surface area contributed by atoms with E-state index >= 15 is 0 Å². The topological polar surface area (TPSA) is 51.1 Å². The van der Waals surface area contributed by atoms with Gasteiger partial charge in [-0.1, -0.05) is 18.2 Å². The number of morpholine rings is 1. The van der Waals surface area contributed by atoms with Crippen molar-refractivity contribution in [3.8, 4) is 11.4 Å². The van der Waals surface area contributed by atoms with Crippen molar-refractivity contribution in [3.05, 3.63) is 48.3 Å². The number of benzene rings is 1. The van der Waals surface area contributed by atoms with Crippen molar-refractivity contribution in [3.63, 3.8) is 0 Å². The van der Waals surface area contributed by atoms with Gasteiger partial charge in [-0.15, -0.1) is 0 Å². The first-order chi connectivity index (χ1) is 11.7. The molecule has 0 saturated carbocycles. The van der Waals surface area contributed by atoms with E-state index in [-0.39, 0.29) is 0 Å². The van der Waals surface area contributed by atoms with Crippen LogP contribution in [0.5, 0.6) is 0 Å². The fourth-order valence-corrected chi connectivity index (χ4v) is 3.12. The quantitative estimate of drug-likeness (QED) is 0.725. The van der Waals surface area contributed by atoms with Gasteiger partial charge in [0.1, 0.15) is 5.82 Å². The van der Waals surface area contributed by atoms with E-state index in [1.165, 1.54) is 0 Å². The van der Waals surface area contributed by atoms with Crippen LogP contribution in [0.3, 0.4) is 0 Å². The predicted octanol–water partition coefficient (Wildman–Crippen LogP) is 3.23. The minimum atomic E-state index is 0.344. The highest BCUT2D eigenvalue weighted by Crippen LogP contribution is 2.23. The molecule has 4 rings (SSSR count). The van der Waals surface area contributed by atoms with E-state index in [1.54, 1.807) is 0 Å². The van der Waals surface area contributed by atoms with E-state index in [0.29, 0.717) is 6.04 Å². The van der Waals surface area contributed by atoms with Crippen molar-refractivity contribution in [2.24, 2.45) is 0 Å². The summed E-state index contributed by atoms with van der Waals surface area (Å²) in [6.07, 6.45) is 1.86. The first-order valence-electron chi connectivity index (χ1n) is 8.26. The molecule has 1 aliphatic rings. The van der Waals surface area contributed by atoms with Gasteiger partial charge in [0.2, 0.25) is 0 Å². The number of aryl methyl sites for hydroxylation is 1. The number of nitrogens with zero attached hydrogens (tertiary/aromatic N) is 4. The van der Waals surface area contributed by atoms with E-state index in [1.807, 2.05) is 43.5 Å². The molecule has 3 aromatic rings. The molecule has 1 atom stereocenters. The Balaban J connectivity index is 1.67. The molecule has 1 aromatic carbocycles. The zero-order valence-corrected chi connectivity index (χ0v) is 13.9. The van der Waals surface area contributed by atoms with Gasteiger partial charge in [0.25, 0.3) is 0 Å². The van der Waals surface area contributed by atoms with Crippen molar-refractivity contribution < 1.29 is 4.74 Å². The van der Waals surface area contributed by atoms with Crippen molar-refractivity contribution in [1.82, 2.24) is 15.0 Å². The number of rotatable bonds is 2. The maximum atomic E-state index is 5.49. The van der Waals surface area contributed by atoms with Gasteiger partial charge in [-0.3, -0.25) is 0 Å². The fraction of sp³-hybridized carbons (Fsp3) is 0.316. The summed E-state index contributed by atoms with van der Waals surface area (Å²) >= 11 is 0. The highest BCUT2D eigenvalue weighted by Gasteiger charge is 2.20. The molecule has 1 saturated heterocycles. The molecule has 1 aliphatic heterocycles. The summed E-state index contributed by atoms with van der Waals surface area (Å²) in [7, 11) is 0. The molecule has 0 spiro atoms. The fourth-order valence-electron chi connectivity index (χ4n) is 3.12. The van der Waals surface area contributed by atoms with Gasteiger partial charge in [-0.2, -0.15) is 0 Å². The average Bonchev–Trinajstić information content (AvgIpc) is 2.62. The third kappa shape index (κ3) is 2.71. The summed E-state index contributed by atoms with van der Waals surface area (Å²) in [6, 6.07) is 12.5. The number of pyridine rings is 1. The molecule has 1 unspecified atom stereocenters. The molecule has 0 amide bonds. The smallest absolute Gasteiger partial charge is 0.161 e. The molecule has 5 heteroatoms. The molecule has 1 fully saturated rings. The number of para-hydroxylation sites is 1. The van der Waals surface area contributed by atoms with Gasteiger partial charge in [0.05, 0.1) is 24.8 Å². The molecule has 24 heavy (non-hydrogen) atoms. The van der Waals surface area contributed by atoms with Crippen molar-refractivity contribution >= 4 is 16.7 Å². The van der Waals surface area contributed by atoms with E-state index in [2.05, 4.69) is 32.8 Å². The highest BCUT2D eigenvalue weighted by molar-refractivity contribution is 5.82. The van der Waals surface area contributed by atoms with Gasteiger partial charge in [-0.25, -0.2) is 15.0 Å². The molecular weight excluding hydrogens is 300 g/mol. The largest absolute Gasteiger partial charge is 0.377 e. The molecule has 3 heterocycles. The number of ether oxygens (including phenoxy) is 1. The summed E-state index contributed by atoms with van der Waals surface area (Å²) in [5.74, 6) is 1.70. The number of fused-ring (bicyclic) bond motifs is 1. The summed E-state index contributed by atoms with van der Waals surface area (Å²) in [5, 5.41) is 1.09. The van der Waals surface area contributed by atoms with Crippen LogP contribution in [0.4, 0.5) is 5.82 Å². The normalized spacial score (nSPS) is 18.1. The van der Waals surface area contributed by atoms with E-state index < -0.39 is 0 Å². The summed E-state index contributed by atoms with van der Waals surface area (Å²) in [5.41, 5.74) is 2.89. The Morgan fingerprint density at radius 2 is 2.00 bits per heavy atom. The zero-order valence-electron chi connectivity index (χ0n) is 13.9. The zero-order chi connectivity index (χ0) is 16.5. The molecule has 0 N–H and O–H groups in total. The first kappa shape index (κ1) is 15.0. The SMILES string of the molecule is Cc1nc(-c2ccc(N3CCOCC3C)nc2)nc2ccccc12. The van der Waals surface area contributed by atoms with E-state index in [0.717, 1.165) is 53.6 Å². The van der Waals surface area contributed by atoms with Crippen molar-refractivity contribution in [2.75, 3.05) is 24.7 Å². The molecule has 122 valence electrons. The second-order valence-electron chi connectivity index (χ2n) is 6.17. The highest BCUT2D eigenvalue weighted by atomic mass is 16.5. The van der Waals surface area contributed by atoms with Gasteiger partial charge in [0, 0.05) is 29.4 Å². The molecular formula is C19H20N4O. The lowest BCUT2D eigenvalue weighted by Crippen LogP contribution is -2.44. The Morgan fingerprint density at radius 1 is 1.12 bits per heavy atom. The van der Waals surface area contributed by atoms with Crippen LogP contribution >= 0.6 is 0 Å². The summed E-state index contributed by atoms with van der Waals surface area (Å²) in [6.45, 7) is 6.55. The number of anilines is 1. The molecule has 0 radical (unpaired) electrons. The second kappa shape index (κ2) is 6.17. The lowest BCUT2D eigenvalue weighted by molar-refractivity contribution is 0.0985. The van der Waals surface area contributed by atoms with Gasteiger partial charge in [0.15, 0.2) is 5.82 Å². The standard InChI is InChI=1S/C19H20N4O/c1-13-12-24-10-9-23(13)18-8-7-15(11-20-18)19-21-14(2)16-5-3-4-6-17(16)22-19/h3-8,11,13H,9-10,12H2,1-2H3. The maximum absolute atomic E-state index is 5.49. The molecule has 2 aromatic heterocycles. The minimum absolute atomic E-state index is 0.344. The van der Waals surface area contributed by atoms with E-state index in [9.17, 15) is 0 Å². The Bertz CT molecular complexity index is 863. The summed E-state index contributed by atoms with van der Waals surface area (Å²) in [4.78, 5) is 16.2. The Hall–Kier alpha value is -2.53. The van der Waals surface area contributed by atoms with Crippen LogP contribution < -0.4 is 4.90 Å². The van der Waals surface area contributed by atoms with Crippen molar-refractivity contribution in [1.29, 1.82) is 0 Å². The third-order valence-corrected chi connectivity index (χ3v) is 4.46. The molecule has 5 nitrogen and oxygen atoms in total. The van der Waals surface area contributed by atoms with Crippen LogP contribution in [-0.4, -0.2) is 40.8 Å². The first-order valence-corrected chi connectivity index (χ1v) is 8.26. The lowest BCUT2D eigenvalue weighted by Gasteiger charge is -2.34. The van der Waals surface area contributed by atoms with Crippen molar-refractivity contribution in [2.45, 2.75) is 19.9 Å². The molecule has 0 aliphatic carbocycles. The van der Waals surface area contributed by atoms with Crippen LogP contribution in [0, 0.1) is 6.92 Å². The van der Waals surface area contributed by atoms with Crippen LogP contribution in [0.15, 0.2) is 42.6 Å². The lowest BCUT2D eigenvalue weighted by atomic mass is 10.1. The maximum Gasteiger partial charge on any atom is 0.161 e. The average molecular weight is 320 g/mol. The third-order valence-electron chi connectivity index (χ3n) is 4.46. The number of hydrogen-bond acceptors (Lipinski definition) is 5. The monoisotopic (exact) mass is 320 g/mol. The van der Waals surface area contributed by atoms with Crippen LogP contribution in [0.1, 0.15) is 12.6 Å². The predicted molar refractivity (Wildman–Crippen MR) is 95.1 cm³/mol.